The van der Waals surface area contributed by atoms with Gasteiger partial charge in [-0.2, -0.15) is 0 Å². The van der Waals surface area contributed by atoms with Crippen LogP contribution in [0.5, 0.6) is 11.5 Å². The highest BCUT2D eigenvalue weighted by Gasteiger charge is 2.06. The number of methoxy groups -OCH3 is 1. The molecule has 132 valence electrons. The molecule has 0 heterocycles. The van der Waals surface area contributed by atoms with Crippen molar-refractivity contribution in [2.45, 2.75) is 27.3 Å². The van der Waals surface area contributed by atoms with E-state index >= 15 is 0 Å². The lowest BCUT2D eigenvalue weighted by molar-refractivity contribution is 0.109. The molecule has 0 aromatic heterocycles. The average molecular weight is 324 g/mol. The van der Waals surface area contributed by atoms with Gasteiger partial charge in [0.2, 0.25) is 0 Å². The van der Waals surface area contributed by atoms with E-state index in [9.17, 15) is 0 Å². The minimum atomic E-state index is 0.533. The fourth-order valence-electron chi connectivity index (χ4n) is 2.31. The zero-order chi connectivity index (χ0) is 16.9. The first-order valence-electron chi connectivity index (χ1n) is 8.55. The van der Waals surface area contributed by atoms with Crippen LogP contribution < -0.4 is 14.8 Å². The third kappa shape index (κ3) is 7.68. The van der Waals surface area contributed by atoms with Crippen molar-refractivity contribution in [3.05, 3.63) is 23.8 Å². The van der Waals surface area contributed by atoms with E-state index in [0.717, 1.165) is 44.2 Å². The maximum atomic E-state index is 5.69. The molecule has 0 amide bonds. The minimum absolute atomic E-state index is 0.533. The number of hydrogen-bond acceptors (Lipinski definition) is 5. The second-order valence-electron chi connectivity index (χ2n) is 5.23. The van der Waals surface area contributed by atoms with Gasteiger partial charge in [-0.15, -0.1) is 0 Å². The molecule has 0 saturated heterocycles. The maximum absolute atomic E-state index is 5.69. The van der Waals surface area contributed by atoms with Gasteiger partial charge in [-0.3, -0.25) is 0 Å². The van der Waals surface area contributed by atoms with Gasteiger partial charge in [-0.1, -0.05) is 19.9 Å². The van der Waals surface area contributed by atoms with Crippen LogP contribution in [0, 0.1) is 0 Å². The fourth-order valence-corrected chi connectivity index (χ4v) is 2.31. The molecule has 0 radical (unpaired) electrons. The van der Waals surface area contributed by atoms with Gasteiger partial charge in [0.25, 0.3) is 0 Å². The topological polar surface area (TPSA) is 43.0 Å². The summed E-state index contributed by atoms with van der Waals surface area (Å²) in [5.41, 5.74) is 1.19. The number of hydrogen-bond donors (Lipinski definition) is 1. The van der Waals surface area contributed by atoms with Crippen LogP contribution in [0.4, 0.5) is 0 Å². The second kappa shape index (κ2) is 12.2. The summed E-state index contributed by atoms with van der Waals surface area (Å²) in [5, 5.41) is 3.47. The third-order valence-electron chi connectivity index (χ3n) is 3.75. The Labute approximate surface area is 140 Å². The Balaban J connectivity index is 2.42. The summed E-state index contributed by atoms with van der Waals surface area (Å²) >= 11 is 0. The molecule has 1 N–H and O–H groups in total. The molecule has 0 spiro atoms. The van der Waals surface area contributed by atoms with Crippen LogP contribution in [0.2, 0.25) is 0 Å². The van der Waals surface area contributed by atoms with E-state index in [1.807, 2.05) is 19.1 Å². The molecule has 1 rings (SSSR count). The van der Waals surface area contributed by atoms with E-state index in [2.05, 4.69) is 30.1 Å². The van der Waals surface area contributed by atoms with Gasteiger partial charge in [-0.25, -0.2) is 0 Å². The zero-order valence-electron chi connectivity index (χ0n) is 15.1. The van der Waals surface area contributed by atoms with E-state index in [1.54, 1.807) is 7.11 Å². The van der Waals surface area contributed by atoms with Gasteiger partial charge >= 0.3 is 0 Å². The molecule has 0 atom stereocenters. The Morgan fingerprint density at radius 2 is 1.83 bits per heavy atom. The van der Waals surface area contributed by atoms with Crippen molar-refractivity contribution in [3.8, 4) is 11.5 Å². The Morgan fingerprint density at radius 3 is 2.48 bits per heavy atom. The SMILES string of the molecule is CCOCCOc1ccc(CNCCN(CC)CC)cc1OC. The molecule has 0 saturated carbocycles. The summed E-state index contributed by atoms with van der Waals surface area (Å²) in [6.45, 7) is 13.3. The van der Waals surface area contributed by atoms with Crippen LogP contribution in [-0.2, 0) is 11.3 Å². The zero-order valence-corrected chi connectivity index (χ0v) is 15.1. The van der Waals surface area contributed by atoms with Gasteiger partial charge < -0.3 is 24.4 Å². The van der Waals surface area contributed by atoms with Crippen molar-refractivity contribution in [3.63, 3.8) is 0 Å². The Bertz CT molecular complexity index is 423. The van der Waals surface area contributed by atoms with E-state index < -0.39 is 0 Å². The molecule has 1 aromatic carbocycles. The predicted octanol–water partition coefficient (Wildman–Crippen LogP) is 2.54. The van der Waals surface area contributed by atoms with Gasteiger partial charge in [0.1, 0.15) is 6.61 Å². The largest absolute Gasteiger partial charge is 0.493 e. The first-order valence-corrected chi connectivity index (χ1v) is 8.55. The van der Waals surface area contributed by atoms with Crippen LogP contribution in [0.25, 0.3) is 0 Å². The Kier molecular flexibility index (Phi) is 10.4. The number of nitrogens with zero attached hydrogens (tertiary/aromatic N) is 1. The molecular weight excluding hydrogens is 292 g/mol. The first kappa shape index (κ1) is 19.7. The van der Waals surface area contributed by atoms with Crippen LogP contribution in [0.3, 0.4) is 0 Å². The van der Waals surface area contributed by atoms with Gasteiger partial charge in [-0.05, 0) is 37.7 Å². The van der Waals surface area contributed by atoms with Crippen molar-refractivity contribution in [1.29, 1.82) is 0 Å². The molecule has 5 nitrogen and oxygen atoms in total. The molecule has 0 aliphatic heterocycles. The molecule has 0 aliphatic rings. The van der Waals surface area contributed by atoms with Crippen molar-refractivity contribution in [2.24, 2.45) is 0 Å². The summed E-state index contributed by atoms with van der Waals surface area (Å²) in [4.78, 5) is 2.41. The maximum Gasteiger partial charge on any atom is 0.161 e. The van der Waals surface area contributed by atoms with E-state index in [4.69, 9.17) is 14.2 Å². The number of rotatable bonds is 13. The predicted molar refractivity (Wildman–Crippen MR) is 94.5 cm³/mol. The molecule has 5 heteroatoms. The normalized spacial score (nSPS) is 11.0. The van der Waals surface area contributed by atoms with E-state index in [0.29, 0.717) is 19.8 Å². The number of ether oxygens (including phenoxy) is 3. The van der Waals surface area contributed by atoms with Crippen molar-refractivity contribution >= 4 is 0 Å². The molecule has 0 bridgehead atoms. The molecule has 0 fully saturated rings. The quantitative estimate of drug-likeness (QED) is 0.565. The van der Waals surface area contributed by atoms with Gasteiger partial charge in [0, 0.05) is 26.2 Å². The van der Waals surface area contributed by atoms with Crippen molar-refractivity contribution in [1.82, 2.24) is 10.2 Å². The lowest BCUT2D eigenvalue weighted by Gasteiger charge is -2.18. The van der Waals surface area contributed by atoms with Crippen LogP contribution >= 0.6 is 0 Å². The van der Waals surface area contributed by atoms with Crippen molar-refractivity contribution < 1.29 is 14.2 Å². The van der Waals surface area contributed by atoms with Crippen LogP contribution in [0.15, 0.2) is 18.2 Å². The fraction of sp³-hybridized carbons (Fsp3) is 0.667. The van der Waals surface area contributed by atoms with E-state index in [-0.39, 0.29) is 0 Å². The number of benzene rings is 1. The third-order valence-corrected chi connectivity index (χ3v) is 3.75. The molecular formula is C18H32N2O3. The molecule has 23 heavy (non-hydrogen) atoms. The lowest BCUT2D eigenvalue weighted by Crippen LogP contribution is -2.31. The summed E-state index contributed by atoms with van der Waals surface area (Å²) in [6.07, 6.45) is 0. The second-order valence-corrected chi connectivity index (χ2v) is 5.23. The summed E-state index contributed by atoms with van der Waals surface area (Å²) < 4.78 is 16.4. The standard InChI is InChI=1S/C18H32N2O3/c1-5-20(6-2)11-10-19-15-16-8-9-17(18(14-16)21-4)23-13-12-22-7-3/h8-9,14,19H,5-7,10-13,15H2,1-4H3. The Morgan fingerprint density at radius 1 is 1.04 bits per heavy atom. The number of likely N-dealkylation sites (N-methyl/N-ethyl adjacent to an activating group) is 1. The molecule has 0 aliphatic carbocycles. The highest BCUT2D eigenvalue weighted by atomic mass is 16.5. The van der Waals surface area contributed by atoms with E-state index in [1.165, 1.54) is 5.56 Å². The summed E-state index contributed by atoms with van der Waals surface area (Å²) in [6, 6.07) is 6.07. The highest BCUT2D eigenvalue weighted by Crippen LogP contribution is 2.27. The summed E-state index contributed by atoms with van der Waals surface area (Å²) in [5.74, 6) is 1.53. The smallest absolute Gasteiger partial charge is 0.161 e. The number of nitrogens with one attached hydrogen (secondary N) is 1. The van der Waals surface area contributed by atoms with Crippen molar-refractivity contribution in [2.75, 3.05) is 53.1 Å². The lowest BCUT2D eigenvalue weighted by atomic mass is 10.2. The minimum Gasteiger partial charge on any atom is -0.493 e. The van der Waals surface area contributed by atoms with Crippen LogP contribution in [0.1, 0.15) is 26.3 Å². The molecule has 0 unspecified atom stereocenters. The summed E-state index contributed by atoms with van der Waals surface area (Å²) in [7, 11) is 1.67. The molecule has 1 aromatic rings. The highest BCUT2D eigenvalue weighted by molar-refractivity contribution is 5.42. The van der Waals surface area contributed by atoms with Gasteiger partial charge in [0.15, 0.2) is 11.5 Å². The Hall–Kier alpha value is -1.30. The first-order chi connectivity index (χ1) is 11.2. The van der Waals surface area contributed by atoms with Crippen LogP contribution in [-0.4, -0.2) is 58.0 Å². The average Bonchev–Trinajstić information content (AvgIpc) is 2.59. The monoisotopic (exact) mass is 324 g/mol. The van der Waals surface area contributed by atoms with Gasteiger partial charge in [0.05, 0.1) is 13.7 Å².